The van der Waals surface area contributed by atoms with Gasteiger partial charge in [-0.25, -0.2) is 9.78 Å². The van der Waals surface area contributed by atoms with Crippen molar-refractivity contribution < 1.29 is 9.53 Å². The number of carbonyl (C=O) groups excluding carboxylic acids is 1. The molecule has 1 unspecified atom stereocenters. The fourth-order valence-electron chi connectivity index (χ4n) is 5.35. The van der Waals surface area contributed by atoms with Gasteiger partial charge < -0.3 is 9.64 Å². The van der Waals surface area contributed by atoms with Gasteiger partial charge in [0.25, 0.3) is 5.56 Å². The molecule has 5 rings (SSSR count). The molecule has 34 heavy (non-hydrogen) atoms. The van der Waals surface area contributed by atoms with E-state index >= 15 is 0 Å². The van der Waals surface area contributed by atoms with Crippen molar-refractivity contribution in [3.8, 4) is 0 Å². The normalized spacial score (nSPS) is 19.1. The number of likely N-dealkylation sites (tertiary alicyclic amines) is 1. The lowest BCUT2D eigenvalue weighted by atomic mass is 9.86. The summed E-state index contributed by atoms with van der Waals surface area (Å²) in [5, 5.41) is 0. The number of pyridine rings is 1. The Bertz CT molecular complexity index is 1270. The molecule has 3 aromatic rings. The Balaban J connectivity index is 1.50. The molecule has 178 valence electrons. The summed E-state index contributed by atoms with van der Waals surface area (Å²) < 4.78 is 7.42. The van der Waals surface area contributed by atoms with E-state index in [0.29, 0.717) is 18.7 Å². The molecule has 1 aliphatic carbocycles. The van der Waals surface area contributed by atoms with Crippen LogP contribution < -0.4 is 5.56 Å². The number of carbonyl (C=O) groups is 1. The number of amides is 1. The molecule has 1 amide bonds. The van der Waals surface area contributed by atoms with Crippen LogP contribution in [0.3, 0.4) is 0 Å². The molecule has 1 aromatic carbocycles. The second-order valence-corrected chi connectivity index (χ2v) is 10.4. The number of hydrogen-bond donors (Lipinski definition) is 0. The lowest BCUT2D eigenvalue weighted by Crippen LogP contribution is -2.42. The molecular weight excluding hydrogens is 428 g/mol. The summed E-state index contributed by atoms with van der Waals surface area (Å²) in [5.41, 5.74) is 4.18. The molecule has 0 bridgehead atoms. The molecular formula is C27H32N4O3. The van der Waals surface area contributed by atoms with Crippen LogP contribution in [-0.4, -0.2) is 44.2 Å². The van der Waals surface area contributed by atoms with E-state index in [4.69, 9.17) is 4.74 Å². The molecule has 7 heteroatoms. The molecule has 1 saturated heterocycles. The molecule has 1 aliphatic heterocycles. The van der Waals surface area contributed by atoms with Gasteiger partial charge in [-0.15, -0.1) is 0 Å². The van der Waals surface area contributed by atoms with Crippen LogP contribution in [0, 0.1) is 0 Å². The minimum Gasteiger partial charge on any atom is -0.444 e. The van der Waals surface area contributed by atoms with E-state index in [1.165, 1.54) is 11.1 Å². The third kappa shape index (κ3) is 4.31. The fraction of sp³-hybridized carbons (Fsp3) is 0.481. The van der Waals surface area contributed by atoms with E-state index in [2.05, 4.69) is 28.2 Å². The average molecular weight is 461 g/mol. The average Bonchev–Trinajstić information content (AvgIpc) is 2.82. The van der Waals surface area contributed by atoms with E-state index in [-0.39, 0.29) is 23.6 Å². The number of aryl methyl sites for hydroxylation is 1. The number of rotatable bonds is 2. The lowest BCUT2D eigenvalue weighted by Gasteiger charge is -2.34. The highest BCUT2D eigenvalue weighted by Crippen LogP contribution is 2.35. The van der Waals surface area contributed by atoms with E-state index in [9.17, 15) is 9.59 Å². The fourth-order valence-corrected chi connectivity index (χ4v) is 5.35. The minimum atomic E-state index is -0.519. The van der Waals surface area contributed by atoms with Crippen molar-refractivity contribution in [2.45, 2.75) is 70.4 Å². The maximum absolute atomic E-state index is 14.0. The Kier molecular flexibility index (Phi) is 5.88. The number of piperidine rings is 1. The smallest absolute Gasteiger partial charge is 0.410 e. The maximum Gasteiger partial charge on any atom is 0.410 e. The quantitative estimate of drug-likeness (QED) is 0.547. The van der Waals surface area contributed by atoms with Crippen LogP contribution in [0.15, 0.2) is 47.5 Å². The van der Waals surface area contributed by atoms with E-state index < -0.39 is 5.60 Å². The molecule has 0 radical (unpaired) electrons. The van der Waals surface area contributed by atoms with E-state index in [1.54, 1.807) is 17.3 Å². The van der Waals surface area contributed by atoms with Gasteiger partial charge in [-0.1, -0.05) is 24.3 Å². The highest BCUT2D eigenvalue weighted by atomic mass is 16.6. The monoisotopic (exact) mass is 460 g/mol. The zero-order chi connectivity index (χ0) is 23.9. The van der Waals surface area contributed by atoms with Crippen molar-refractivity contribution in [1.29, 1.82) is 0 Å². The third-order valence-corrected chi connectivity index (χ3v) is 6.93. The molecule has 0 spiro atoms. The Hall–Kier alpha value is -3.22. The first kappa shape index (κ1) is 22.6. The van der Waals surface area contributed by atoms with E-state index in [0.717, 1.165) is 43.2 Å². The van der Waals surface area contributed by atoms with Gasteiger partial charge in [0, 0.05) is 31.0 Å². The predicted octanol–water partition coefficient (Wildman–Crippen LogP) is 4.83. The van der Waals surface area contributed by atoms with Crippen LogP contribution >= 0.6 is 0 Å². The van der Waals surface area contributed by atoms with Crippen molar-refractivity contribution in [3.05, 3.63) is 69.8 Å². The topological polar surface area (TPSA) is 77.3 Å². The summed E-state index contributed by atoms with van der Waals surface area (Å²) >= 11 is 0. The number of ether oxygens (including phenoxy) is 1. The standard InChI is InChI=1S/C27H32N4O3/c1-27(2,3)34-26(33)30-15-11-19(12-16-30)21-17-22-24(29-14-13-28-22)31(25(21)32)23-10-6-8-18-7-4-5-9-20(18)23/h4-5,7,9,13-14,17,19,23H,6,8,10-12,15-16H2,1-3H3. The van der Waals surface area contributed by atoms with Crippen molar-refractivity contribution >= 4 is 17.3 Å². The maximum atomic E-state index is 14.0. The molecule has 1 fully saturated rings. The Labute approximate surface area is 199 Å². The van der Waals surface area contributed by atoms with Crippen LogP contribution in [0.2, 0.25) is 0 Å². The third-order valence-electron chi connectivity index (χ3n) is 6.93. The number of aromatic nitrogens is 3. The minimum absolute atomic E-state index is 0.0189. The van der Waals surface area contributed by atoms with Gasteiger partial charge in [0.05, 0.1) is 6.04 Å². The molecule has 7 nitrogen and oxygen atoms in total. The van der Waals surface area contributed by atoms with Gasteiger partial charge in [-0.2, -0.15) is 0 Å². The predicted molar refractivity (Wildman–Crippen MR) is 131 cm³/mol. The molecule has 0 saturated carbocycles. The summed E-state index contributed by atoms with van der Waals surface area (Å²) in [7, 11) is 0. The summed E-state index contributed by atoms with van der Waals surface area (Å²) in [6.07, 6.45) is 7.48. The second kappa shape index (κ2) is 8.85. The van der Waals surface area contributed by atoms with Gasteiger partial charge >= 0.3 is 6.09 Å². The molecule has 1 atom stereocenters. The van der Waals surface area contributed by atoms with Gasteiger partial charge in [0.2, 0.25) is 0 Å². The van der Waals surface area contributed by atoms with Crippen LogP contribution in [0.5, 0.6) is 0 Å². The zero-order valence-corrected chi connectivity index (χ0v) is 20.2. The number of benzene rings is 1. The van der Waals surface area contributed by atoms with Crippen molar-refractivity contribution in [3.63, 3.8) is 0 Å². The Morgan fingerprint density at radius 3 is 2.53 bits per heavy atom. The van der Waals surface area contributed by atoms with E-state index in [1.807, 2.05) is 37.5 Å². The van der Waals surface area contributed by atoms with Crippen LogP contribution in [0.1, 0.15) is 75.1 Å². The first-order chi connectivity index (χ1) is 16.3. The first-order valence-corrected chi connectivity index (χ1v) is 12.2. The molecule has 3 heterocycles. The molecule has 2 aromatic heterocycles. The van der Waals surface area contributed by atoms with Crippen LogP contribution in [0.4, 0.5) is 4.79 Å². The first-order valence-electron chi connectivity index (χ1n) is 12.2. The zero-order valence-electron chi connectivity index (χ0n) is 20.2. The van der Waals surface area contributed by atoms with Gasteiger partial charge in [0.1, 0.15) is 11.1 Å². The largest absolute Gasteiger partial charge is 0.444 e. The Morgan fingerprint density at radius 2 is 1.76 bits per heavy atom. The highest BCUT2D eigenvalue weighted by molar-refractivity contribution is 5.71. The van der Waals surface area contributed by atoms with Gasteiger partial charge in [-0.3, -0.25) is 14.3 Å². The van der Waals surface area contributed by atoms with Crippen molar-refractivity contribution in [2.24, 2.45) is 0 Å². The van der Waals surface area contributed by atoms with Crippen LogP contribution in [-0.2, 0) is 11.2 Å². The van der Waals surface area contributed by atoms with Gasteiger partial charge in [-0.05, 0) is 76.0 Å². The summed E-state index contributed by atoms with van der Waals surface area (Å²) in [6.45, 7) is 6.77. The summed E-state index contributed by atoms with van der Waals surface area (Å²) in [6, 6.07) is 10.3. The Morgan fingerprint density at radius 1 is 1.03 bits per heavy atom. The number of nitrogens with zero attached hydrogens (tertiary/aromatic N) is 4. The van der Waals surface area contributed by atoms with Crippen molar-refractivity contribution in [1.82, 2.24) is 19.4 Å². The molecule has 0 N–H and O–H groups in total. The number of fused-ring (bicyclic) bond motifs is 2. The lowest BCUT2D eigenvalue weighted by molar-refractivity contribution is 0.0204. The van der Waals surface area contributed by atoms with Crippen molar-refractivity contribution in [2.75, 3.05) is 13.1 Å². The highest BCUT2D eigenvalue weighted by Gasteiger charge is 2.31. The second-order valence-electron chi connectivity index (χ2n) is 10.4. The summed E-state index contributed by atoms with van der Waals surface area (Å²) in [4.78, 5) is 37.4. The summed E-state index contributed by atoms with van der Waals surface area (Å²) in [5.74, 6) is 0.0719. The number of hydrogen-bond acceptors (Lipinski definition) is 5. The van der Waals surface area contributed by atoms with Crippen LogP contribution in [0.25, 0.3) is 11.2 Å². The van der Waals surface area contributed by atoms with Gasteiger partial charge in [0.15, 0.2) is 5.65 Å². The molecule has 2 aliphatic rings. The SMILES string of the molecule is CC(C)(C)OC(=O)N1CCC(c2cc3nccnc3n(C3CCCc4ccccc43)c2=O)CC1.